The third-order valence-electron chi connectivity index (χ3n) is 2.98. The Morgan fingerprint density at radius 2 is 2.00 bits per heavy atom. The molecule has 1 aliphatic rings. The van der Waals surface area contributed by atoms with Crippen LogP contribution in [0.2, 0.25) is 0 Å². The lowest BCUT2D eigenvalue weighted by atomic mass is 10.3. The molecule has 0 amide bonds. The second-order valence-electron chi connectivity index (χ2n) is 4.97. The number of rotatable bonds is 6. The predicted octanol–water partition coefficient (Wildman–Crippen LogP) is 3.43. The third kappa shape index (κ3) is 3.98. The van der Waals surface area contributed by atoms with Gasteiger partial charge in [-0.3, -0.25) is 0 Å². The van der Waals surface area contributed by atoms with Gasteiger partial charge in [0.2, 0.25) is 5.88 Å². The standard InChI is InChI=1S/C13H18F3N3O/c1-3-6-17-10-8(2)12(20-7-13(14,15)16)19-11(18-10)9-4-5-9/h9H,3-7H2,1-2H3,(H,17,18,19). The fourth-order valence-corrected chi connectivity index (χ4v) is 1.74. The summed E-state index contributed by atoms with van der Waals surface area (Å²) in [6.07, 6.45) is -1.50. The Kier molecular flexibility index (Phi) is 4.35. The van der Waals surface area contributed by atoms with Crippen molar-refractivity contribution in [2.75, 3.05) is 18.5 Å². The van der Waals surface area contributed by atoms with Crippen LogP contribution in [0.3, 0.4) is 0 Å². The second kappa shape index (κ2) is 5.85. The highest BCUT2D eigenvalue weighted by atomic mass is 19.4. The minimum absolute atomic E-state index is 0.0258. The van der Waals surface area contributed by atoms with Crippen LogP contribution < -0.4 is 10.1 Å². The quantitative estimate of drug-likeness (QED) is 0.871. The molecule has 4 nitrogen and oxygen atoms in total. The van der Waals surface area contributed by atoms with E-state index in [0.717, 1.165) is 19.3 Å². The number of alkyl halides is 3. The average molecular weight is 289 g/mol. The minimum atomic E-state index is -4.37. The predicted molar refractivity (Wildman–Crippen MR) is 69.1 cm³/mol. The molecule has 1 heterocycles. The van der Waals surface area contributed by atoms with Gasteiger partial charge in [-0.2, -0.15) is 18.2 Å². The summed E-state index contributed by atoms with van der Waals surface area (Å²) < 4.78 is 41.6. The van der Waals surface area contributed by atoms with Crippen molar-refractivity contribution in [3.05, 3.63) is 11.4 Å². The molecule has 1 aromatic heterocycles. The molecule has 0 unspecified atom stereocenters. The van der Waals surface area contributed by atoms with Crippen molar-refractivity contribution in [3.8, 4) is 5.88 Å². The first kappa shape index (κ1) is 14.9. The first-order valence-corrected chi connectivity index (χ1v) is 6.72. The smallest absolute Gasteiger partial charge is 0.422 e. The van der Waals surface area contributed by atoms with Gasteiger partial charge in [0.05, 0.1) is 5.56 Å². The minimum Gasteiger partial charge on any atom is -0.468 e. The lowest BCUT2D eigenvalue weighted by Crippen LogP contribution is -2.21. The van der Waals surface area contributed by atoms with Crippen LogP contribution in [0.5, 0.6) is 5.88 Å². The number of hydrogen-bond donors (Lipinski definition) is 1. The normalized spacial score (nSPS) is 15.2. The Morgan fingerprint density at radius 3 is 2.55 bits per heavy atom. The molecule has 0 atom stereocenters. The Balaban J connectivity index is 2.21. The van der Waals surface area contributed by atoms with Crippen molar-refractivity contribution in [2.45, 2.75) is 45.2 Å². The molecular weight excluding hydrogens is 271 g/mol. The summed E-state index contributed by atoms with van der Waals surface area (Å²) in [6, 6.07) is 0. The van der Waals surface area contributed by atoms with Gasteiger partial charge in [-0.25, -0.2) is 4.98 Å². The van der Waals surface area contributed by atoms with Crippen LogP contribution in [-0.2, 0) is 0 Å². The van der Waals surface area contributed by atoms with Crippen molar-refractivity contribution in [3.63, 3.8) is 0 Å². The molecular formula is C13H18F3N3O. The molecule has 0 aromatic carbocycles. The number of nitrogens with zero attached hydrogens (tertiary/aromatic N) is 2. The van der Waals surface area contributed by atoms with Gasteiger partial charge in [0.25, 0.3) is 0 Å². The number of halogens is 3. The van der Waals surface area contributed by atoms with Crippen LogP contribution in [-0.4, -0.2) is 29.3 Å². The van der Waals surface area contributed by atoms with Gasteiger partial charge in [0, 0.05) is 12.5 Å². The molecule has 7 heteroatoms. The van der Waals surface area contributed by atoms with Crippen LogP contribution in [0.1, 0.15) is 43.5 Å². The Labute approximate surface area is 115 Å². The molecule has 0 aliphatic heterocycles. The van der Waals surface area contributed by atoms with E-state index in [1.807, 2.05) is 6.92 Å². The van der Waals surface area contributed by atoms with E-state index in [1.165, 1.54) is 0 Å². The molecule has 2 rings (SSSR count). The van der Waals surface area contributed by atoms with Crippen molar-refractivity contribution in [2.24, 2.45) is 0 Å². The summed E-state index contributed by atoms with van der Waals surface area (Å²) in [4.78, 5) is 8.53. The van der Waals surface area contributed by atoms with E-state index in [0.29, 0.717) is 23.8 Å². The van der Waals surface area contributed by atoms with E-state index >= 15 is 0 Å². The van der Waals surface area contributed by atoms with Crippen LogP contribution in [0.25, 0.3) is 0 Å². The van der Waals surface area contributed by atoms with Crippen molar-refractivity contribution >= 4 is 5.82 Å². The molecule has 0 bridgehead atoms. The van der Waals surface area contributed by atoms with Crippen molar-refractivity contribution in [1.29, 1.82) is 0 Å². The first-order chi connectivity index (χ1) is 9.40. The van der Waals surface area contributed by atoms with E-state index in [9.17, 15) is 13.2 Å². The number of ether oxygens (including phenoxy) is 1. The van der Waals surface area contributed by atoms with E-state index in [2.05, 4.69) is 15.3 Å². The molecule has 0 spiro atoms. The third-order valence-corrected chi connectivity index (χ3v) is 2.98. The Bertz CT molecular complexity index is 473. The van der Waals surface area contributed by atoms with Gasteiger partial charge in [0.1, 0.15) is 11.6 Å². The first-order valence-electron chi connectivity index (χ1n) is 6.72. The topological polar surface area (TPSA) is 47.0 Å². The maximum absolute atomic E-state index is 12.3. The number of hydrogen-bond acceptors (Lipinski definition) is 4. The van der Waals surface area contributed by atoms with Crippen molar-refractivity contribution < 1.29 is 17.9 Å². The maximum atomic E-state index is 12.3. The largest absolute Gasteiger partial charge is 0.468 e. The van der Waals surface area contributed by atoms with E-state index in [1.54, 1.807) is 6.92 Å². The summed E-state index contributed by atoms with van der Waals surface area (Å²) in [7, 11) is 0. The average Bonchev–Trinajstić information content (AvgIpc) is 3.19. The lowest BCUT2D eigenvalue weighted by Gasteiger charge is -2.15. The molecule has 0 radical (unpaired) electrons. The fourth-order valence-electron chi connectivity index (χ4n) is 1.74. The van der Waals surface area contributed by atoms with Gasteiger partial charge >= 0.3 is 6.18 Å². The highest BCUT2D eigenvalue weighted by molar-refractivity contribution is 5.49. The molecule has 1 aliphatic carbocycles. The van der Waals surface area contributed by atoms with Crippen LogP contribution in [0, 0.1) is 6.92 Å². The highest BCUT2D eigenvalue weighted by Gasteiger charge is 2.31. The van der Waals surface area contributed by atoms with E-state index in [-0.39, 0.29) is 11.8 Å². The summed E-state index contributed by atoms with van der Waals surface area (Å²) in [5.41, 5.74) is 0.520. The van der Waals surface area contributed by atoms with Gasteiger partial charge in [-0.15, -0.1) is 0 Å². The fraction of sp³-hybridized carbons (Fsp3) is 0.692. The monoisotopic (exact) mass is 289 g/mol. The van der Waals surface area contributed by atoms with E-state index in [4.69, 9.17) is 4.74 Å². The molecule has 0 saturated heterocycles. The van der Waals surface area contributed by atoms with Crippen LogP contribution >= 0.6 is 0 Å². The maximum Gasteiger partial charge on any atom is 0.422 e. The number of aromatic nitrogens is 2. The molecule has 20 heavy (non-hydrogen) atoms. The molecule has 1 aromatic rings. The molecule has 1 fully saturated rings. The van der Waals surface area contributed by atoms with Crippen molar-refractivity contribution in [1.82, 2.24) is 9.97 Å². The Morgan fingerprint density at radius 1 is 1.30 bits per heavy atom. The molecule has 1 saturated carbocycles. The summed E-state index contributed by atoms with van der Waals surface area (Å²) in [5.74, 6) is 1.43. The highest BCUT2D eigenvalue weighted by Crippen LogP contribution is 2.40. The zero-order valence-electron chi connectivity index (χ0n) is 11.5. The van der Waals surface area contributed by atoms with Gasteiger partial charge in [-0.05, 0) is 26.2 Å². The summed E-state index contributed by atoms with van der Waals surface area (Å²) >= 11 is 0. The molecule has 112 valence electrons. The zero-order chi connectivity index (χ0) is 14.8. The van der Waals surface area contributed by atoms with Gasteiger partial charge < -0.3 is 10.1 Å². The van der Waals surface area contributed by atoms with E-state index < -0.39 is 12.8 Å². The summed E-state index contributed by atoms with van der Waals surface area (Å²) in [6.45, 7) is 3.05. The lowest BCUT2D eigenvalue weighted by molar-refractivity contribution is -0.154. The molecule has 1 N–H and O–H groups in total. The second-order valence-corrected chi connectivity index (χ2v) is 4.97. The van der Waals surface area contributed by atoms with Gasteiger partial charge in [-0.1, -0.05) is 6.92 Å². The van der Waals surface area contributed by atoms with Crippen LogP contribution in [0.15, 0.2) is 0 Å². The summed E-state index contributed by atoms with van der Waals surface area (Å²) in [5, 5.41) is 3.11. The SMILES string of the molecule is CCCNc1nc(C2CC2)nc(OCC(F)(F)F)c1C. The van der Waals surface area contributed by atoms with Crippen LogP contribution in [0.4, 0.5) is 19.0 Å². The van der Waals surface area contributed by atoms with Gasteiger partial charge in [0.15, 0.2) is 6.61 Å². The number of nitrogens with one attached hydrogen (secondary N) is 1. The Hall–Kier alpha value is -1.53. The number of anilines is 1. The zero-order valence-corrected chi connectivity index (χ0v) is 11.5.